The molecule has 0 aliphatic carbocycles. The zero-order valence-electron chi connectivity index (χ0n) is 13.0. The molecule has 3 rings (SSSR count). The standard InChI is InChI=1S/C17H20N4O/c1-13-9-14(2)11-15(10-13)17(22)21-7-5-20(6-8-21)16-12-18-3-4-19-16/h3-4,9-12H,5-8H2,1-2H3. The Morgan fingerprint density at radius 1 is 1.00 bits per heavy atom. The highest BCUT2D eigenvalue weighted by Crippen LogP contribution is 2.15. The lowest BCUT2D eigenvalue weighted by Gasteiger charge is -2.35. The number of rotatable bonds is 2. The number of anilines is 1. The summed E-state index contributed by atoms with van der Waals surface area (Å²) in [6.45, 7) is 7.04. The van der Waals surface area contributed by atoms with Crippen LogP contribution in [0.5, 0.6) is 0 Å². The van der Waals surface area contributed by atoms with Crippen LogP contribution in [0, 0.1) is 13.8 Å². The lowest BCUT2D eigenvalue weighted by molar-refractivity contribution is 0.0746. The molecule has 0 N–H and O–H groups in total. The topological polar surface area (TPSA) is 49.3 Å². The Kier molecular flexibility index (Phi) is 4.04. The Morgan fingerprint density at radius 3 is 2.27 bits per heavy atom. The lowest BCUT2D eigenvalue weighted by Crippen LogP contribution is -2.49. The van der Waals surface area contributed by atoms with Gasteiger partial charge >= 0.3 is 0 Å². The molecule has 2 heterocycles. The van der Waals surface area contributed by atoms with Crippen LogP contribution in [-0.2, 0) is 0 Å². The van der Waals surface area contributed by atoms with Crippen molar-refractivity contribution >= 4 is 11.7 Å². The van der Waals surface area contributed by atoms with Crippen LogP contribution >= 0.6 is 0 Å². The number of benzene rings is 1. The van der Waals surface area contributed by atoms with Gasteiger partial charge in [0.05, 0.1) is 6.20 Å². The zero-order valence-corrected chi connectivity index (χ0v) is 13.0. The predicted molar refractivity (Wildman–Crippen MR) is 86.1 cm³/mol. The fraction of sp³-hybridized carbons (Fsp3) is 0.353. The molecule has 1 aromatic carbocycles. The van der Waals surface area contributed by atoms with E-state index >= 15 is 0 Å². The van der Waals surface area contributed by atoms with Crippen LogP contribution in [0.1, 0.15) is 21.5 Å². The average Bonchev–Trinajstić information content (AvgIpc) is 2.54. The van der Waals surface area contributed by atoms with E-state index < -0.39 is 0 Å². The van der Waals surface area contributed by atoms with E-state index in [1.807, 2.05) is 30.9 Å². The number of piperazine rings is 1. The molecule has 0 atom stereocenters. The predicted octanol–water partition coefficient (Wildman–Crippen LogP) is 2.06. The summed E-state index contributed by atoms with van der Waals surface area (Å²) in [5.74, 6) is 0.992. The molecule has 1 saturated heterocycles. The van der Waals surface area contributed by atoms with Gasteiger partial charge in [-0.15, -0.1) is 0 Å². The first-order valence-corrected chi connectivity index (χ1v) is 7.52. The summed E-state index contributed by atoms with van der Waals surface area (Å²) in [4.78, 5) is 25.1. The maximum atomic E-state index is 12.6. The summed E-state index contributed by atoms with van der Waals surface area (Å²) in [6.07, 6.45) is 5.13. The number of hydrogen-bond acceptors (Lipinski definition) is 4. The molecule has 5 heteroatoms. The van der Waals surface area contributed by atoms with Crippen molar-refractivity contribution in [3.05, 3.63) is 53.5 Å². The van der Waals surface area contributed by atoms with Gasteiger partial charge in [0.25, 0.3) is 5.91 Å². The summed E-state index contributed by atoms with van der Waals surface area (Å²) in [6, 6.07) is 6.01. The molecule has 0 unspecified atom stereocenters. The van der Waals surface area contributed by atoms with Gasteiger partial charge in [-0.1, -0.05) is 17.2 Å². The van der Waals surface area contributed by atoms with Crippen molar-refractivity contribution in [1.29, 1.82) is 0 Å². The highest BCUT2D eigenvalue weighted by atomic mass is 16.2. The molecule has 1 fully saturated rings. The van der Waals surface area contributed by atoms with Crippen molar-refractivity contribution in [3.63, 3.8) is 0 Å². The Morgan fingerprint density at radius 2 is 1.68 bits per heavy atom. The molecular formula is C17H20N4O. The number of hydrogen-bond donors (Lipinski definition) is 0. The molecule has 5 nitrogen and oxygen atoms in total. The highest BCUT2D eigenvalue weighted by molar-refractivity contribution is 5.94. The van der Waals surface area contributed by atoms with E-state index in [9.17, 15) is 4.79 Å². The molecular weight excluding hydrogens is 276 g/mol. The third kappa shape index (κ3) is 3.08. The zero-order chi connectivity index (χ0) is 15.5. The normalized spacial score (nSPS) is 15.0. The fourth-order valence-electron chi connectivity index (χ4n) is 2.87. The van der Waals surface area contributed by atoms with Crippen LogP contribution in [0.15, 0.2) is 36.8 Å². The highest BCUT2D eigenvalue weighted by Gasteiger charge is 2.23. The number of carbonyl (C=O) groups is 1. The summed E-state index contributed by atoms with van der Waals surface area (Å²) in [5, 5.41) is 0. The number of aryl methyl sites for hydroxylation is 2. The third-order valence-electron chi connectivity index (χ3n) is 3.91. The molecule has 0 spiro atoms. The van der Waals surface area contributed by atoms with Crippen molar-refractivity contribution in [2.75, 3.05) is 31.1 Å². The van der Waals surface area contributed by atoms with Gasteiger partial charge in [0, 0.05) is 44.1 Å². The maximum absolute atomic E-state index is 12.6. The van der Waals surface area contributed by atoms with Gasteiger partial charge in [-0.25, -0.2) is 4.98 Å². The fourth-order valence-corrected chi connectivity index (χ4v) is 2.87. The van der Waals surface area contributed by atoms with Crippen molar-refractivity contribution in [3.8, 4) is 0 Å². The minimum Gasteiger partial charge on any atom is -0.352 e. The first-order chi connectivity index (χ1) is 10.6. The Hall–Kier alpha value is -2.43. The Bertz CT molecular complexity index is 643. The van der Waals surface area contributed by atoms with E-state index in [0.29, 0.717) is 13.1 Å². The van der Waals surface area contributed by atoms with Gasteiger partial charge < -0.3 is 9.80 Å². The molecule has 0 bridgehead atoms. The van der Waals surface area contributed by atoms with Crippen LogP contribution in [0.2, 0.25) is 0 Å². The second kappa shape index (κ2) is 6.13. The summed E-state index contributed by atoms with van der Waals surface area (Å²) >= 11 is 0. The van der Waals surface area contributed by atoms with Gasteiger partial charge in [0.15, 0.2) is 0 Å². The van der Waals surface area contributed by atoms with Crippen LogP contribution < -0.4 is 4.90 Å². The molecule has 2 aromatic rings. The first-order valence-electron chi connectivity index (χ1n) is 7.52. The quantitative estimate of drug-likeness (QED) is 0.851. The van der Waals surface area contributed by atoms with E-state index in [0.717, 1.165) is 35.6 Å². The summed E-state index contributed by atoms with van der Waals surface area (Å²) in [7, 11) is 0. The molecule has 22 heavy (non-hydrogen) atoms. The minimum absolute atomic E-state index is 0.116. The summed E-state index contributed by atoms with van der Waals surface area (Å²) < 4.78 is 0. The van der Waals surface area contributed by atoms with Crippen LogP contribution in [0.3, 0.4) is 0 Å². The van der Waals surface area contributed by atoms with Crippen molar-refractivity contribution < 1.29 is 4.79 Å². The molecule has 114 valence electrons. The molecule has 0 saturated carbocycles. The first kappa shape index (κ1) is 14.5. The largest absolute Gasteiger partial charge is 0.352 e. The molecule has 1 aromatic heterocycles. The van der Waals surface area contributed by atoms with Gasteiger partial charge in [-0.3, -0.25) is 9.78 Å². The monoisotopic (exact) mass is 296 g/mol. The number of nitrogens with zero attached hydrogens (tertiary/aromatic N) is 4. The van der Waals surface area contributed by atoms with Gasteiger partial charge in [-0.05, 0) is 26.0 Å². The van der Waals surface area contributed by atoms with E-state index in [2.05, 4.69) is 20.9 Å². The van der Waals surface area contributed by atoms with Crippen LogP contribution in [-0.4, -0.2) is 47.0 Å². The average molecular weight is 296 g/mol. The lowest BCUT2D eigenvalue weighted by atomic mass is 10.1. The van der Waals surface area contributed by atoms with E-state index in [4.69, 9.17) is 0 Å². The van der Waals surface area contributed by atoms with E-state index in [1.165, 1.54) is 0 Å². The Balaban J connectivity index is 1.67. The molecule has 1 aliphatic heterocycles. The maximum Gasteiger partial charge on any atom is 0.253 e. The molecule has 1 aliphatic rings. The SMILES string of the molecule is Cc1cc(C)cc(C(=O)N2CCN(c3cnccn3)CC2)c1. The van der Waals surface area contributed by atoms with Crippen molar-refractivity contribution in [2.24, 2.45) is 0 Å². The van der Waals surface area contributed by atoms with Crippen molar-refractivity contribution in [2.45, 2.75) is 13.8 Å². The van der Waals surface area contributed by atoms with Gasteiger partial charge in [0.2, 0.25) is 0 Å². The van der Waals surface area contributed by atoms with Gasteiger partial charge in [-0.2, -0.15) is 0 Å². The number of amides is 1. The van der Waals surface area contributed by atoms with Crippen LogP contribution in [0.4, 0.5) is 5.82 Å². The van der Waals surface area contributed by atoms with Crippen LogP contribution in [0.25, 0.3) is 0 Å². The van der Waals surface area contributed by atoms with E-state index in [-0.39, 0.29) is 5.91 Å². The second-order valence-corrected chi connectivity index (χ2v) is 5.72. The minimum atomic E-state index is 0.116. The smallest absolute Gasteiger partial charge is 0.253 e. The summed E-state index contributed by atoms with van der Waals surface area (Å²) in [5.41, 5.74) is 3.04. The number of aromatic nitrogens is 2. The molecule has 1 amide bonds. The van der Waals surface area contributed by atoms with Gasteiger partial charge in [0.1, 0.15) is 5.82 Å². The second-order valence-electron chi connectivity index (χ2n) is 5.72. The Labute approximate surface area is 130 Å². The van der Waals surface area contributed by atoms with Crippen molar-refractivity contribution in [1.82, 2.24) is 14.9 Å². The van der Waals surface area contributed by atoms with E-state index in [1.54, 1.807) is 18.6 Å². The number of carbonyl (C=O) groups excluding carboxylic acids is 1. The third-order valence-corrected chi connectivity index (χ3v) is 3.91. The molecule has 0 radical (unpaired) electrons.